The maximum atomic E-state index is 13.5. The maximum absolute atomic E-state index is 13.5. The Kier molecular flexibility index (Phi) is 4.67. The van der Waals surface area contributed by atoms with Crippen molar-refractivity contribution in [1.82, 2.24) is 5.32 Å². The van der Waals surface area contributed by atoms with Gasteiger partial charge in [-0.25, -0.2) is 4.39 Å². The van der Waals surface area contributed by atoms with Crippen LogP contribution in [-0.2, 0) is 0 Å². The minimum absolute atomic E-state index is 0.0160. The quantitative estimate of drug-likeness (QED) is 0.557. The van der Waals surface area contributed by atoms with E-state index in [2.05, 4.69) is 10.7 Å². The van der Waals surface area contributed by atoms with E-state index in [-0.39, 0.29) is 22.7 Å². The maximum Gasteiger partial charge on any atom is 0.253 e. The lowest BCUT2D eigenvalue weighted by Gasteiger charge is -2.26. The molecule has 4 nitrogen and oxygen atoms in total. The van der Waals surface area contributed by atoms with Crippen molar-refractivity contribution in [2.45, 2.75) is 39.2 Å². The number of carbonyl (C=O) groups excluding carboxylic acids is 1. The van der Waals surface area contributed by atoms with E-state index in [0.29, 0.717) is 0 Å². The van der Waals surface area contributed by atoms with Crippen molar-refractivity contribution in [3.8, 4) is 0 Å². The number of rotatable bonds is 5. The summed E-state index contributed by atoms with van der Waals surface area (Å²) in [6, 6.07) is 4.27. The molecule has 1 aromatic carbocycles. The van der Waals surface area contributed by atoms with Gasteiger partial charge < -0.3 is 10.7 Å². The van der Waals surface area contributed by atoms with Crippen LogP contribution >= 0.6 is 0 Å². The van der Waals surface area contributed by atoms with Crippen LogP contribution in [0.4, 0.5) is 10.1 Å². The van der Waals surface area contributed by atoms with E-state index in [1.165, 1.54) is 18.2 Å². The number of benzene rings is 1. The fourth-order valence-corrected chi connectivity index (χ4v) is 1.92. The van der Waals surface area contributed by atoms with Crippen molar-refractivity contribution in [1.29, 1.82) is 0 Å². The molecule has 0 aliphatic rings. The number of anilines is 1. The van der Waals surface area contributed by atoms with Gasteiger partial charge in [-0.3, -0.25) is 10.6 Å². The number of hydrogen-bond acceptors (Lipinski definition) is 3. The van der Waals surface area contributed by atoms with Crippen molar-refractivity contribution >= 4 is 11.6 Å². The minimum Gasteiger partial charge on any atom is -0.347 e. The lowest BCUT2D eigenvalue weighted by molar-refractivity contribution is 0.0909. The van der Waals surface area contributed by atoms with Crippen LogP contribution in [0.3, 0.4) is 0 Å². The van der Waals surface area contributed by atoms with Gasteiger partial charge in [0.05, 0.1) is 11.3 Å². The molecule has 1 aromatic rings. The molecule has 0 spiro atoms. The van der Waals surface area contributed by atoms with Crippen LogP contribution in [0.1, 0.15) is 44.0 Å². The van der Waals surface area contributed by atoms with Gasteiger partial charge in [0.15, 0.2) is 0 Å². The highest BCUT2D eigenvalue weighted by Crippen LogP contribution is 2.20. The van der Waals surface area contributed by atoms with E-state index < -0.39 is 5.82 Å². The molecule has 0 unspecified atom stereocenters. The number of nitrogens with one attached hydrogen (secondary N) is 2. The number of hydrogen-bond donors (Lipinski definition) is 3. The standard InChI is InChI=1S/C13H20FN3O/c1-4-8-13(2,3)16-12(18)9-6-5-7-10(14)11(9)17-15/h5-7,17H,4,8,15H2,1-3H3,(H,16,18). The Morgan fingerprint density at radius 3 is 2.67 bits per heavy atom. The first-order valence-electron chi connectivity index (χ1n) is 5.99. The molecule has 100 valence electrons. The van der Waals surface area contributed by atoms with E-state index in [4.69, 9.17) is 5.84 Å². The van der Waals surface area contributed by atoms with Crippen molar-refractivity contribution in [3.05, 3.63) is 29.6 Å². The smallest absolute Gasteiger partial charge is 0.253 e. The zero-order chi connectivity index (χ0) is 13.8. The number of nitrogens with two attached hydrogens (primary N) is 1. The summed E-state index contributed by atoms with van der Waals surface area (Å²) in [6.07, 6.45) is 1.80. The molecular weight excluding hydrogens is 233 g/mol. The summed E-state index contributed by atoms with van der Waals surface area (Å²) in [5.41, 5.74) is 2.12. The van der Waals surface area contributed by atoms with Gasteiger partial charge in [-0.05, 0) is 32.4 Å². The Balaban J connectivity index is 2.94. The van der Waals surface area contributed by atoms with Crippen LogP contribution in [0.5, 0.6) is 0 Å². The first-order chi connectivity index (χ1) is 8.41. The van der Waals surface area contributed by atoms with Gasteiger partial charge in [0.25, 0.3) is 5.91 Å². The number of halogens is 1. The Bertz CT molecular complexity index is 432. The predicted molar refractivity (Wildman–Crippen MR) is 70.7 cm³/mol. The molecule has 0 radical (unpaired) electrons. The second-order valence-corrected chi connectivity index (χ2v) is 4.89. The summed E-state index contributed by atoms with van der Waals surface area (Å²) < 4.78 is 13.5. The zero-order valence-electron chi connectivity index (χ0n) is 11.0. The average Bonchev–Trinajstić information content (AvgIpc) is 2.27. The van der Waals surface area contributed by atoms with Gasteiger partial charge in [-0.15, -0.1) is 0 Å². The average molecular weight is 253 g/mol. The predicted octanol–water partition coefficient (Wildman–Crippen LogP) is 2.42. The molecule has 1 amide bonds. The molecule has 4 N–H and O–H groups in total. The first-order valence-corrected chi connectivity index (χ1v) is 5.99. The molecule has 0 saturated heterocycles. The highest BCUT2D eigenvalue weighted by atomic mass is 19.1. The van der Waals surface area contributed by atoms with Crippen LogP contribution in [0.15, 0.2) is 18.2 Å². The van der Waals surface area contributed by atoms with Crippen LogP contribution in [0.25, 0.3) is 0 Å². The molecule has 0 fully saturated rings. The summed E-state index contributed by atoms with van der Waals surface area (Å²) >= 11 is 0. The van der Waals surface area contributed by atoms with Gasteiger partial charge in [0.1, 0.15) is 5.82 Å². The van der Waals surface area contributed by atoms with Crippen LogP contribution in [0.2, 0.25) is 0 Å². The minimum atomic E-state index is -0.543. The monoisotopic (exact) mass is 253 g/mol. The Morgan fingerprint density at radius 1 is 1.44 bits per heavy atom. The van der Waals surface area contributed by atoms with Gasteiger partial charge in [-0.1, -0.05) is 19.4 Å². The summed E-state index contributed by atoms with van der Waals surface area (Å²) in [5.74, 6) is 4.37. The fourth-order valence-electron chi connectivity index (χ4n) is 1.92. The van der Waals surface area contributed by atoms with Gasteiger partial charge in [0, 0.05) is 5.54 Å². The molecule has 0 bridgehead atoms. The SMILES string of the molecule is CCCC(C)(C)NC(=O)c1cccc(F)c1NN. The van der Waals surface area contributed by atoms with Crippen LogP contribution in [-0.4, -0.2) is 11.4 Å². The van der Waals surface area contributed by atoms with E-state index in [1.54, 1.807) is 0 Å². The third kappa shape index (κ3) is 3.43. The molecule has 5 heteroatoms. The van der Waals surface area contributed by atoms with Crippen molar-refractivity contribution < 1.29 is 9.18 Å². The van der Waals surface area contributed by atoms with Gasteiger partial charge in [-0.2, -0.15) is 0 Å². The van der Waals surface area contributed by atoms with Crippen molar-refractivity contribution in [2.24, 2.45) is 5.84 Å². The van der Waals surface area contributed by atoms with Crippen molar-refractivity contribution in [3.63, 3.8) is 0 Å². The summed E-state index contributed by atoms with van der Waals surface area (Å²) in [5, 5.41) is 2.87. The topological polar surface area (TPSA) is 67.2 Å². The Hall–Kier alpha value is -1.62. The van der Waals surface area contributed by atoms with E-state index in [9.17, 15) is 9.18 Å². The zero-order valence-corrected chi connectivity index (χ0v) is 11.0. The van der Waals surface area contributed by atoms with Crippen LogP contribution < -0.4 is 16.6 Å². The highest BCUT2D eigenvalue weighted by Gasteiger charge is 2.22. The number of amides is 1. The summed E-state index contributed by atoms with van der Waals surface area (Å²) in [7, 11) is 0. The normalized spacial score (nSPS) is 11.2. The molecule has 18 heavy (non-hydrogen) atoms. The lowest BCUT2D eigenvalue weighted by atomic mass is 9.98. The molecule has 0 aliphatic heterocycles. The lowest BCUT2D eigenvalue weighted by Crippen LogP contribution is -2.43. The first kappa shape index (κ1) is 14.4. The van der Waals surface area contributed by atoms with E-state index >= 15 is 0 Å². The fraction of sp³-hybridized carbons (Fsp3) is 0.462. The molecule has 0 saturated carbocycles. The molecular formula is C13H20FN3O. The Morgan fingerprint density at radius 2 is 2.11 bits per heavy atom. The number of para-hydroxylation sites is 1. The van der Waals surface area contributed by atoms with Gasteiger partial charge >= 0.3 is 0 Å². The van der Waals surface area contributed by atoms with E-state index in [1.807, 2.05) is 20.8 Å². The third-order valence-electron chi connectivity index (χ3n) is 2.73. The van der Waals surface area contributed by atoms with Gasteiger partial charge in [0.2, 0.25) is 0 Å². The summed E-state index contributed by atoms with van der Waals surface area (Å²) in [6.45, 7) is 5.91. The summed E-state index contributed by atoms with van der Waals surface area (Å²) in [4.78, 5) is 12.1. The number of carbonyl (C=O) groups is 1. The Labute approximate surface area is 107 Å². The molecule has 0 atom stereocenters. The molecule has 0 aliphatic carbocycles. The van der Waals surface area contributed by atoms with Crippen LogP contribution in [0, 0.1) is 5.82 Å². The second kappa shape index (κ2) is 5.82. The largest absolute Gasteiger partial charge is 0.347 e. The molecule has 0 heterocycles. The number of nitrogen functional groups attached to an aromatic ring is 1. The second-order valence-electron chi connectivity index (χ2n) is 4.89. The van der Waals surface area contributed by atoms with Crippen molar-refractivity contribution in [2.75, 3.05) is 5.43 Å². The third-order valence-corrected chi connectivity index (χ3v) is 2.73. The molecule has 1 rings (SSSR count). The highest BCUT2D eigenvalue weighted by molar-refractivity contribution is 6.00. The van der Waals surface area contributed by atoms with E-state index in [0.717, 1.165) is 12.8 Å². The molecule has 0 aromatic heterocycles. The number of hydrazine groups is 1.